The van der Waals surface area contributed by atoms with Gasteiger partial charge in [0.2, 0.25) is 11.6 Å². The van der Waals surface area contributed by atoms with Crippen molar-refractivity contribution < 1.29 is 33.3 Å². The minimum Gasteiger partial charge on any atom is -0.504 e. The molecule has 5 rings (SSSR count). The van der Waals surface area contributed by atoms with Crippen molar-refractivity contribution in [2.24, 2.45) is 4.99 Å². The number of carboxylic acids is 1. The number of nitrogens with one attached hydrogen (secondary N) is 1. The van der Waals surface area contributed by atoms with Crippen molar-refractivity contribution in [1.29, 1.82) is 5.26 Å². The first-order chi connectivity index (χ1) is 20.1. The average Bonchev–Trinajstić information content (AvgIpc) is 3.39. The zero-order valence-corrected chi connectivity index (χ0v) is 22.3. The Morgan fingerprint density at radius 1 is 1.14 bits per heavy atom. The fraction of sp³-hybridized carbons (Fsp3) is 0.111. The van der Waals surface area contributed by atoms with E-state index < -0.39 is 46.1 Å². The maximum atomic E-state index is 15.5. The largest absolute Gasteiger partial charge is 0.504 e. The van der Waals surface area contributed by atoms with Crippen molar-refractivity contribution in [3.05, 3.63) is 87.5 Å². The van der Waals surface area contributed by atoms with Crippen molar-refractivity contribution in [2.75, 3.05) is 20.1 Å². The van der Waals surface area contributed by atoms with Crippen LogP contribution >= 0.6 is 11.8 Å². The van der Waals surface area contributed by atoms with Crippen LogP contribution in [0.1, 0.15) is 21.5 Å². The van der Waals surface area contributed by atoms with E-state index in [1.54, 1.807) is 19.2 Å². The normalized spacial score (nSPS) is 12.5. The van der Waals surface area contributed by atoms with E-state index in [9.17, 15) is 19.1 Å². The summed E-state index contributed by atoms with van der Waals surface area (Å²) in [6, 6.07) is 10.1. The molecule has 0 atom stereocenters. The lowest BCUT2D eigenvalue weighted by Crippen LogP contribution is -2.24. The van der Waals surface area contributed by atoms with Crippen LogP contribution in [-0.2, 0) is 0 Å². The van der Waals surface area contributed by atoms with Crippen molar-refractivity contribution in [3.8, 4) is 34.9 Å². The van der Waals surface area contributed by atoms with Crippen LogP contribution in [0.5, 0.6) is 28.9 Å². The lowest BCUT2D eigenvalue weighted by Gasteiger charge is -2.19. The number of nitriles is 1. The second-order valence-electron chi connectivity index (χ2n) is 8.68. The second kappa shape index (κ2) is 11.6. The first-order valence-electron chi connectivity index (χ1n) is 12.0. The molecule has 0 fully saturated rings. The summed E-state index contributed by atoms with van der Waals surface area (Å²) in [4.78, 5) is 40.0. The highest BCUT2D eigenvalue weighted by Gasteiger charge is 2.25. The molecule has 2 aromatic carbocycles. The Morgan fingerprint density at radius 3 is 2.64 bits per heavy atom. The van der Waals surface area contributed by atoms with Crippen molar-refractivity contribution in [2.45, 2.75) is 10.1 Å². The van der Waals surface area contributed by atoms with E-state index in [0.717, 1.165) is 18.0 Å². The van der Waals surface area contributed by atoms with Crippen LogP contribution in [0.4, 0.5) is 8.78 Å². The van der Waals surface area contributed by atoms with Crippen LogP contribution in [0.3, 0.4) is 0 Å². The molecule has 12 nitrogen and oxygen atoms in total. The van der Waals surface area contributed by atoms with Gasteiger partial charge in [0.05, 0.1) is 29.9 Å². The summed E-state index contributed by atoms with van der Waals surface area (Å²) in [5.41, 5.74) is -0.845. The molecule has 1 aliphatic heterocycles. The molecule has 0 saturated carbocycles. The second-order valence-corrected chi connectivity index (χ2v) is 9.74. The van der Waals surface area contributed by atoms with Gasteiger partial charge >= 0.3 is 5.97 Å². The van der Waals surface area contributed by atoms with Crippen LogP contribution in [0.25, 0.3) is 0 Å². The van der Waals surface area contributed by atoms with Gasteiger partial charge < -0.3 is 29.6 Å². The highest BCUT2D eigenvalue weighted by molar-refractivity contribution is 7.99. The molecule has 3 N–H and O–H groups in total. The van der Waals surface area contributed by atoms with Gasteiger partial charge in [-0.1, -0.05) is 11.8 Å². The van der Waals surface area contributed by atoms with Crippen molar-refractivity contribution in [3.63, 3.8) is 0 Å². The molecule has 0 amide bonds. The lowest BCUT2D eigenvalue weighted by atomic mass is 10.1. The van der Waals surface area contributed by atoms with E-state index in [2.05, 4.69) is 19.9 Å². The molecule has 4 aromatic rings. The van der Waals surface area contributed by atoms with Crippen molar-refractivity contribution >= 4 is 23.6 Å². The molecule has 212 valence electrons. The van der Waals surface area contributed by atoms with Gasteiger partial charge in [0, 0.05) is 30.8 Å². The molecule has 0 bridgehead atoms. The summed E-state index contributed by atoms with van der Waals surface area (Å²) in [7, 11) is 1.78. The molecular formula is C27H18F2N6O6S. The standard InChI is InChI=1S/C27H18F2N6O6S/c1-35-7-6-31-23(35)15-9-14(42-27-33-11-16(26(38)39)24(37)34-27)3-5-19(15)40-22-17(28)12-32-25(21(22)29)41-20-8-13(10-30)2-4-18(20)36/h2-5,8-9,11-12,36H,6-7H2,1H3,(H,38,39)(H,33,34,37). The number of carboxylic acid groups (broad SMARTS) is 1. The van der Waals surface area contributed by atoms with E-state index >= 15 is 4.39 Å². The predicted octanol–water partition coefficient (Wildman–Crippen LogP) is 4.15. The Labute approximate surface area is 239 Å². The number of hydrogen-bond donors (Lipinski definition) is 3. The monoisotopic (exact) mass is 592 g/mol. The van der Waals surface area contributed by atoms with Gasteiger partial charge in [0.15, 0.2) is 22.5 Å². The van der Waals surface area contributed by atoms with Crippen LogP contribution < -0.4 is 15.0 Å². The number of aromatic carboxylic acids is 1. The number of aliphatic imine (C=N–C) groups is 1. The number of aromatic hydroxyl groups is 1. The number of rotatable bonds is 8. The maximum Gasteiger partial charge on any atom is 0.342 e. The van der Waals surface area contributed by atoms with Crippen LogP contribution in [0.15, 0.2) is 68.6 Å². The Kier molecular flexibility index (Phi) is 7.71. The quantitative estimate of drug-likeness (QED) is 0.251. The topological polar surface area (TPSA) is 174 Å². The molecule has 0 unspecified atom stereocenters. The van der Waals surface area contributed by atoms with Gasteiger partial charge in [0.1, 0.15) is 17.1 Å². The predicted molar refractivity (Wildman–Crippen MR) is 144 cm³/mol. The van der Waals surface area contributed by atoms with E-state index in [0.29, 0.717) is 35.6 Å². The number of halogens is 2. The number of benzene rings is 2. The zero-order valence-electron chi connectivity index (χ0n) is 21.5. The number of nitrogens with zero attached hydrogens (tertiary/aromatic N) is 5. The summed E-state index contributed by atoms with van der Waals surface area (Å²) in [6.07, 6.45) is 1.63. The Bertz CT molecular complexity index is 1860. The molecule has 3 heterocycles. The minimum atomic E-state index is -1.41. The molecule has 0 spiro atoms. The summed E-state index contributed by atoms with van der Waals surface area (Å²) in [6.45, 7) is 1.05. The molecule has 1 aliphatic rings. The van der Waals surface area contributed by atoms with Gasteiger partial charge in [-0.2, -0.15) is 9.65 Å². The SMILES string of the molecule is CN1CCN=C1c1cc(Sc2ncc(C(=O)O)c(=O)[nH]2)ccc1Oc1c(F)cnc(Oc2cc(C#N)ccc2O)c1F. The first-order valence-corrected chi connectivity index (χ1v) is 12.8. The maximum absolute atomic E-state index is 15.5. The van der Waals surface area contributed by atoms with E-state index in [4.69, 9.17) is 19.8 Å². The Hall–Kier alpha value is -5.49. The third kappa shape index (κ3) is 5.69. The Morgan fingerprint density at radius 2 is 1.95 bits per heavy atom. The number of ether oxygens (including phenoxy) is 2. The Balaban J connectivity index is 1.50. The van der Waals surface area contributed by atoms with Crippen LogP contribution in [0.2, 0.25) is 0 Å². The highest BCUT2D eigenvalue weighted by Crippen LogP contribution is 2.39. The first kappa shape index (κ1) is 28.1. The molecule has 2 aromatic heterocycles. The summed E-state index contributed by atoms with van der Waals surface area (Å²) in [5.74, 6) is -5.57. The van der Waals surface area contributed by atoms with Gasteiger partial charge in [-0.3, -0.25) is 9.79 Å². The number of carbonyl (C=O) groups is 1. The summed E-state index contributed by atoms with van der Waals surface area (Å²) in [5, 5.41) is 28.3. The lowest BCUT2D eigenvalue weighted by molar-refractivity contribution is 0.0694. The summed E-state index contributed by atoms with van der Waals surface area (Å²) < 4.78 is 41.4. The van der Waals surface area contributed by atoms with Gasteiger partial charge in [-0.15, -0.1) is 0 Å². The number of amidine groups is 1. The average molecular weight is 593 g/mol. The highest BCUT2D eigenvalue weighted by atomic mass is 32.2. The molecule has 15 heteroatoms. The van der Waals surface area contributed by atoms with E-state index in [1.807, 2.05) is 11.0 Å². The molecule has 0 aliphatic carbocycles. The van der Waals surface area contributed by atoms with E-state index in [-0.39, 0.29) is 22.2 Å². The molecular weight excluding hydrogens is 574 g/mol. The fourth-order valence-electron chi connectivity index (χ4n) is 3.83. The van der Waals surface area contributed by atoms with Gasteiger partial charge in [-0.05, 0) is 30.3 Å². The number of pyridine rings is 1. The van der Waals surface area contributed by atoms with Gasteiger partial charge in [-0.25, -0.2) is 19.2 Å². The van der Waals surface area contributed by atoms with Gasteiger partial charge in [0.25, 0.3) is 11.4 Å². The number of H-pyrrole nitrogens is 1. The third-order valence-corrected chi connectivity index (χ3v) is 6.77. The smallest absolute Gasteiger partial charge is 0.342 e. The minimum absolute atomic E-state index is 0.0267. The zero-order chi connectivity index (χ0) is 30.0. The van der Waals surface area contributed by atoms with Crippen LogP contribution in [0, 0.1) is 23.0 Å². The number of phenols is 1. The molecule has 0 radical (unpaired) electrons. The number of aromatic nitrogens is 3. The molecule has 42 heavy (non-hydrogen) atoms. The molecule has 0 saturated heterocycles. The third-order valence-electron chi connectivity index (χ3n) is 5.88. The number of hydrogen-bond acceptors (Lipinski definition) is 11. The van der Waals surface area contributed by atoms with Crippen LogP contribution in [-0.4, -0.2) is 62.0 Å². The van der Waals surface area contributed by atoms with Crippen molar-refractivity contribution in [1.82, 2.24) is 19.9 Å². The van der Waals surface area contributed by atoms with E-state index in [1.165, 1.54) is 24.3 Å². The fourth-order valence-corrected chi connectivity index (χ4v) is 4.62. The number of aromatic amines is 1. The number of phenolic OH excluding ortho intramolecular Hbond substituents is 1. The number of likely N-dealkylation sites (N-methyl/N-ethyl adjacent to an activating group) is 1. The summed E-state index contributed by atoms with van der Waals surface area (Å²) >= 11 is 1.01.